The van der Waals surface area contributed by atoms with E-state index in [9.17, 15) is 82.8 Å². The number of β-amino-alcohol motifs (C(OH)–C–C–N with tert-alkyl or cyclic N) is 4. The smallest absolute Gasteiger partial charge is 0.246 e. The Labute approximate surface area is 896 Å². The van der Waals surface area contributed by atoms with Crippen molar-refractivity contribution in [3.8, 4) is 41.8 Å². The minimum Gasteiger partial charge on any atom is -0.391 e. The van der Waals surface area contributed by atoms with E-state index in [1.165, 1.54) is 26.5 Å². The maximum absolute atomic E-state index is 13.7. The monoisotopic (exact) mass is 2140 g/mol. The van der Waals surface area contributed by atoms with Crippen LogP contribution in [0, 0.1) is 80.5 Å². The summed E-state index contributed by atoms with van der Waals surface area (Å²) in [5.74, 6) is -4.96. The fourth-order valence-electron chi connectivity index (χ4n) is 18.3. The summed E-state index contributed by atoms with van der Waals surface area (Å²) in [7, 11) is 0. The van der Waals surface area contributed by atoms with Gasteiger partial charge in [-0.3, -0.25) is 62.3 Å². The Hall–Kier alpha value is -12.0. The molecule has 150 heavy (non-hydrogen) atoms. The number of hydrogen-bond acceptors (Lipinski definition) is 27. The molecule has 5 aromatic heterocycles. The van der Waals surface area contributed by atoms with E-state index in [1.807, 2.05) is 247 Å². The average Bonchev–Trinajstić information content (AvgIpc) is 1.64. The molecule has 0 radical (unpaired) electrons. The van der Waals surface area contributed by atoms with Crippen molar-refractivity contribution in [3.05, 3.63) is 182 Å². The van der Waals surface area contributed by atoms with Gasteiger partial charge in [0.1, 0.15) is 65.5 Å². The third-order valence-electron chi connectivity index (χ3n) is 27.2. The van der Waals surface area contributed by atoms with Gasteiger partial charge in [0.25, 0.3) is 0 Å². The lowest BCUT2D eigenvalue weighted by Gasteiger charge is -2.36. The first-order valence-electron chi connectivity index (χ1n) is 51.3. The summed E-state index contributed by atoms with van der Waals surface area (Å²) < 4.78 is 5.42. The van der Waals surface area contributed by atoms with Gasteiger partial charge >= 0.3 is 0 Å². The maximum Gasteiger partial charge on any atom is 0.246 e. The van der Waals surface area contributed by atoms with Crippen molar-refractivity contribution in [2.45, 2.75) is 316 Å². The van der Waals surface area contributed by atoms with Gasteiger partial charge in [-0.15, -0.1) is 45.3 Å². The van der Waals surface area contributed by atoms with Crippen molar-refractivity contribution in [2.24, 2.45) is 45.8 Å². The molecule has 9 heterocycles. The van der Waals surface area contributed by atoms with Crippen molar-refractivity contribution in [3.63, 3.8) is 0 Å². The zero-order valence-corrected chi connectivity index (χ0v) is 94.4. The molecule has 0 spiro atoms. The largest absolute Gasteiger partial charge is 0.391 e. The molecule has 4 saturated heterocycles. The number of nitrogens with one attached hydrogen (secondary N) is 7. The third kappa shape index (κ3) is 31.6. The van der Waals surface area contributed by atoms with Crippen LogP contribution in [0.15, 0.2) is 130 Å². The SMILES string of the molecule is CC(=O)N[C@H](C(=O)N1C[C@H](O)C[C@H]1C(=O)N[C@@H](CC(=O)C(C)C)c1ccc(-c2scnc2C)cc1)C(C)(C)C.Cc1cc([C@H](C(=O)N2C[C@H](O)C[C@H]2C(=O)N[C@@H](CC(=O)C(C)C)c2ccc(-c3scnc3C)cc2)C(C)C)on1.Cc1ncsc1-c1ccc(CNC(=O)[C@@H]2C[C@@H](O)CN2C(=O)[C@@H](NC(=O)C(C)C)C(C)(C)C)cc1.Cc1ncsc1-c1ccc([C@H](C)NC(=O)[C@@H]2C[C@@H](O)CN2C(=O)[C@@H](NC(=O)C(C)C)C(C)(C)C)cc1. The van der Waals surface area contributed by atoms with Crippen molar-refractivity contribution >= 4 is 122 Å². The molecule has 4 aromatic carbocycles. The van der Waals surface area contributed by atoms with Gasteiger partial charge in [-0.1, -0.05) is 234 Å². The van der Waals surface area contributed by atoms with Gasteiger partial charge in [0, 0.05) is 108 Å². The van der Waals surface area contributed by atoms with Crippen molar-refractivity contribution < 1.29 is 87.3 Å². The van der Waals surface area contributed by atoms with Gasteiger partial charge in [0.2, 0.25) is 65.0 Å². The zero-order chi connectivity index (χ0) is 111. The summed E-state index contributed by atoms with van der Waals surface area (Å²) in [5, 5.41) is 65.8. The summed E-state index contributed by atoms with van der Waals surface area (Å²) in [6.45, 7) is 48.2. The molecule has 0 unspecified atom stereocenters. The molecule has 13 rings (SSSR count). The number of hydrogen-bond donors (Lipinski definition) is 11. The summed E-state index contributed by atoms with van der Waals surface area (Å²) in [6.07, 6.45) is -2.57. The summed E-state index contributed by atoms with van der Waals surface area (Å²) in [4.78, 5) is 197. The van der Waals surface area contributed by atoms with Gasteiger partial charge in [-0.05, 0) is 108 Å². The molecule has 9 aromatic rings. The fraction of sp³-hybridized carbons (Fsp3) is 0.536. The molecule has 34 nitrogen and oxygen atoms in total. The zero-order valence-electron chi connectivity index (χ0n) is 91.1. The number of thiazole rings is 4. The molecule has 4 aliphatic rings. The number of benzene rings is 4. The van der Waals surface area contributed by atoms with Gasteiger partial charge in [0.15, 0.2) is 0 Å². The Bertz CT molecular complexity index is 6170. The standard InChI is InChI=1S/C30H38N4O5S.C29H40N4O5S.C27H38N4O4S.C26H36N4O4S/c1-16(2)25(36)13-23(20-7-9-21(10-8-20)28-19(6)31-15-40-28)32-29(37)24-12-22(35)14-34(24)30(38)27(17(3)4)26-11-18(5)33-39-26;1-16(2)24(36)13-22(19-8-10-20(11-9-19)25-17(3)30-15-39-25)32-27(37)23-12-21(35)14-33(23)28(38)26(29(5,6)7)31-18(4)34;1-15(2)24(33)30-23(27(5,6)7)26(35)31-13-20(32)12-21(31)25(34)29-16(3)18-8-10-19(11-9-18)22-17(4)28-14-36-22;1-15(2)23(32)29-22(26(4,5)6)25(34)30-13-19(31)11-20(30)24(33)27-12-17-7-9-18(10-8-17)21-16(3)28-14-35-21/h7-11,15-17,22-24,27,35H,12-14H2,1-6H3,(H,32,37);8-11,15-16,21-23,26,35H,12-14H2,1-7H3,(H,31,34)(H,32,37);8-11,14-16,20-21,23,32H,12-13H2,1-7H3,(H,29,34)(H,30,33);7-10,14-15,19-20,22,31H,11-13H2,1-6H3,(H,27,33)(H,29,32)/t22-,23+,24+,27-;21-,22+,23+,26-;16-,20+,21-,23+;19-,20+,22-/m1101/s1. The Kier molecular flexibility index (Phi) is 41.8. The number of aliphatic hydroxyl groups is 4. The van der Waals surface area contributed by atoms with Gasteiger partial charge in [0.05, 0.1) is 113 Å². The Morgan fingerprint density at radius 3 is 0.947 bits per heavy atom. The molecule has 0 bridgehead atoms. The first-order valence-corrected chi connectivity index (χ1v) is 54.8. The van der Waals surface area contributed by atoms with Crippen LogP contribution in [0.3, 0.4) is 0 Å². The van der Waals surface area contributed by atoms with E-state index >= 15 is 0 Å². The third-order valence-corrected chi connectivity index (χ3v) is 31.1. The van der Waals surface area contributed by atoms with Gasteiger partial charge < -0.3 is 81.8 Å². The topological polar surface area (TPSA) is 478 Å². The Balaban J connectivity index is 0.000000205. The number of Topliss-reactive ketones (excluding diaryl/α,β-unsaturated/α-hetero) is 2. The molecular weight excluding hydrogens is 1990 g/mol. The number of carbonyl (C=O) groups excluding carboxylic acids is 13. The second kappa shape index (κ2) is 52.3. The summed E-state index contributed by atoms with van der Waals surface area (Å²) >= 11 is 6.28. The highest BCUT2D eigenvalue weighted by Gasteiger charge is 2.50. The van der Waals surface area contributed by atoms with E-state index in [0.717, 1.165) is 86.8 Å². The van der Waals surface area contributed by atoms with Crippen LogP contribution in [0.2, 0.25) is 0 Å². The molecular formula is C112H152N16O18S4. The summed E-state index contributed by atoms with van der Waals surface area (Å²) in [6, 6.07) is 25.7. The Morgan fingerprint density at radius 1 is 0.380 bits per heavy atom. The predicted octanol–water partition coefficient (Wildman–Crippen LogP) is 14.3. The van der Waals surface area contributed by atoms with Crippen LogP contribution in [-0.2, 0) is 68.9 Å². The van der Waals surface area contributed by atoms with Crippen LogP contribution >= 0.6 is 45.3 Å². The number of aryl methyl sites for hydroxylation is 5. The number of rotatable bonds is 33. The molecule has 812 valence electrons. The lowest BCUT2D eigenvalue weighted by Crippen LogP contribution is -2.58. The molecule has 0 aliphatic carbocycles. The van der Waals surface area contributed by atoms with Crippen LogP contribution in [0.5, 0.6) is 0 Å². The molecule has 15 atom stereocenters. The van der Waals surface area contributed by atoms with Gasteiger partial charge in [-0.2, -0.15) is 0 Å². The normalized spacial score (nSPS) is 19.1. The van der Waals surface area contributed by atoms with E-state index in [4.69, 9.17) is 4.52 Å². The first-order chi connectivity index (χ1) is 70.3. The van der Waals surface area contributed by atoms with Crippen LogP contribution in [0.1, 0.15) is 264 Å². The second-order valence-electron chi connectivity index (χ2n) is 44.5. The molecule has 4 fully saturated rings. The van der Waals surface area contributed by atoms with E-state index in [-0.39, 0.29) is 159 Å². The second-order valence-corrected chi connectivity index (χ2v) is 47.9. The van der Waals surface area contributed by atoms with Crippen LogP contribution in [0.25, 0.3) is 41.8 Å². The number of amides is 11. The summed E-state index contributed by atoms with van der Waals surface area (Å²) in [5.41, 5.74) is 17.6. The molecule has 4 aliphatic heterocycles. The number of aromatic nitrogens is 5. The first kappa shape index (κ1) is 120. The van der Waals surface area contributed by atoms with E-state index in [0.29, 0.717) is 18.0 Å². The number of nitrogens with zero attached hydrogens (tertiary/aromatic N) is 9. The number of ketones is 2. The lowest BCUT2D eigenvalue weighted by molar-refractivity contribution is -0.144. The number of carbonyl (C=O) groups is 13. The van der Waals surface area contributed by atoms with Crippen LogP contribution in [-0.4, -0.2) is 235 Å². The van der Waals surface area contributed by atoms with E-state index in [2.05, 4.69) is 62.3 Å². The minimum absolute atomic E-state index is 0.000483. The highest BCUT2D eigenvalue weighted by Crippen LogP contribution is 2.39. The lowest BCUT2D eigenvalue weighted by atomic mass is 9.85. The van der Waals surface area contributed by atoms with Crippen LogP contribution in [0.4, 0.5) is 0 Å². The Morgan fingerprint density at radius 2 is 0.673 bits per heavy atom. The van der Waals surface area contributed by atoms with Gasteiger partial charge in [-0.25, -0.2) is 19.9 Å². The average molecular weight is 2140 g/mol. The van der Waals surface area contributed by atoms with Crippen molar-refractivity contribution in [1.29, 1.82) is 0 Å². The molecule has 0 saturated carbocycles. The minimum atomic E-state index is -0.929. The van der Waals surface area contributed by atoms with Crippen molar-refractivity contribution in [2.75, 3.05) is 26.2 Å². The fourth-order valence-corrected chi connectivity index (χ4v) is 21.5. The number of likely N-dealkylation sites (tertiary alicyclic amines) is 4. The van der Waals surface area contributed by atoms with Crippen LogP contribution < -0.4 is 37.2 Å². The predicted molar refractivity (Wildman–Crippen MR) is 581 cm³/mol. The molecule has 11 amide bonds. The van der Waals surface area contributed by atoms with Crippen molar-refractivity contribution in [1.82, 2.24) is 81.9 Å². The quantitative estimate of drug-likeness (QED) is 0.0182. The highest BCUT2D eigenvalue weighted by molar-refractivity contribution is 7.14. The van der Waals surface area contributed by atoms with E-state index < -0.39 is 119 Å². The maximum atomic E-state index is 13.7. The number of aliphatic hydroxyl groups excluding tert-OH is 4. The van der Waals surface area contributed by atoms with E-state index in [1.54, 1.807) is 97.1 Å². The highest BCUT2D eigenvalue weighted by atomic mass is 32.1. The molecule has 11 N–H and O–H groups in total. The molecule has 38 heteroatoms.